The van der Waals surface area contributed by atoms with Crippen LogP contribution in [0.1, 0.15) is 35.7 Å². The number of nitrogens with one attached hydrogen (secondary N) is 1. The lowest BCUT2D eigenvalue weighted by atomic mass is 9.98. The number of carbonyl (C=O) groups is 1. The Bertz CT molecular complexity index is 1230. The van der Waals surface area contributed by atoms with Crippen LogP contribution in [-0.4, -0.2) is 48.4 Å². The number of benzene rings is 2. The number of hydrogen-bond acceptors (Lipinski definition) is 7. The highest BCUT2D eigenvalue weighted by Crippen LogP contribution is 2.30. The van der Waals surface area contributed by atoms with E-state index >= 15 is 0 Å². The monoisotopic (exact) mass is 463 g/mol. The number of rotatable bonds is 9. The molecule has 0 saturated carbocycles. The minimum absolute atomic E-state index is 0.0387. The number of H-pyrrole nitrogens is 1. The van der Waals surface area contributed by atoms with Crippen molar-refractivity contribution in [3.63, 3.8) is 0 Å². The van der Waals surface area contributed by atoms with E-state index in [1.807, 2.05) is 53.4 Å². The van der Waals surface area contributed by atoms with Crippen molar-refractivity contribution in [1.82, 2.24) is 30.8 Å². The summed E-state index contributed by atoms with van der Waals surface area (Å²) in [7, 11) is 0. The van der Waals surface area contributed by atoms with Gasteiger partial charge in [-0.25, -0.2) is 4.79 Å². The summed E-state index contributed by atoms with van der Waals surface area (Å²) in [6.45, 7) is 3.22. The van der Waals surface area contributed by atoms with Crippen molar-refractivity contribution >= 4 is 23.4 Å². The van der Waals surface area contributed by atoms with Gasteiger partial charge in [-0.1, -0.05) is 73.5 Å². The smallest absolute Gasteiger partial charge is 0.339 e. The molecule has 0 aliphatic heterocycles. The van der Waals surface area contributed by atoms with Gasteiger partial charge < -0.3 is 10.0 Å². The molecule has 0 saturated heterocycles. The first-order chi connectivity index (χ1) is 16.1. The van der Waals surface area contributed by atoms with Crippen molar-refractivity contribution in [2.24, 2.45) is 0 Å². The number of tetrazole rings is 1. The molecule has 9 nitrogen and oxygen atoms in total. The van der Waals surface area contributed by atoms with Crippen molar-refractivity contribution in [3.05, 3.63) is 70.9 Å². The predicted molar refractivity (Wildman–Crippen MR) is 125 cm³/mol. The highest BCUT2D eigenvalue weighted by molar-refractivity contribution is 6.29. The van der Waals surface area contributed by atoms with Crippen molar-refractivity contribution in [2.75, 3.05) is 11.4 Å². The Labute approximate surface area is 195 Å². The number of unbranched alkanes of at least 4 members (excludes halogenated alkanes) is 1. The first kappa shape index (κ1) is 22.3. The first-order valence-corrected chi connectivity index (χ1v) is 10.9. The van der Waals surface area contributed by atoms with E-state index in [1.165, 1.54) is 6.07 Å². The molecule has 10 heteroatoms. The summed E-state index contributed by atoms with van der Waals surface area (Å²) in [6, 6.07) is 17.3. The van der Waals surface area contributed by atoms with Gasteiger partial charge in [0.25, 0.3) is 0 Å². The third-order valence-corrected chi connectivity index (χ3v) is 5.39. The molecular formula is C23H22ClN7O2. The van der Waals surface area contributed by atoms with Gasteiger partial charge in [0.2, 0.25) is 5.82 Å². The van der Waals surface area contributed by atoms with Crippen LogP contribution in [0.2, 0.25) is 5.15 Å². The number of aromatic nitrogens is 6. The van der Waals surface area contributed by atoms with Gasteiger partial charge in [-0.15, -0.1) is 20.4 Å². The normalized spacial score (nSPS) is 10.8. The van der Waals surface area contributed by atoms with Gasteiger partial charge in [-0.05, 0) is 34.4 Å². The van der Waals surface area contributed by atoms with Crippen molar-refractivity contribution in [3.8, 4) is 22.5 Å². The Morgan fingerprint density at radius 1 is 1.06 bits per heavy atom. The molecule has 2 aromatic heterocycles. The second-order valence-electron chi connectivity index (χ2n) is 7.46. The van der Waals surface area contributed by atoms with Gasteiger partial charge in [0.1, 0.15) is 5.56 Å². The average molecular weight is 464 g/mol. The van der Waals surface area contributed by atoms with E-state index < -0.39 is 5.97 Å². The summed E-state index contributed by atoms with van der Waals surface area (Å²) in [4.78, 5) is 13.7. The fraction of sp³-hybridized carbons (Fsp3) is 0.217. The van der Waals surface area contributed by atoms with E-state index in [2.05, 4.69) is 37.7 Å². The van der Waals surface area contributed by atoms with E-state index in [-0.39, 0.29) is 10.7 Å². The van der Waals surface area contributed by atoms with E-state index in [0.717, 1.165) is 35.1 Å². The molecule has 2 heterocycles. The topological polar surface area (TPSA) is 121 Å². The molecular weight excluding hydrogens is 442 g/mol. The van der Waals surface area contributed by atoms with Gasteiger partial charge in [-0.3, -0.25) is 0 Å². The highest BCUT2D eigenvalue weighted by atomic mass is 35.5. The molecule has 2 aromatic carbocycles. The van der Waals surface area contributed by atoms with E-state index in [1.54, 1.807) is 0 Å². The van der Waals surface area contributed by atoms with Crippen LogP contribution in [0.25, 0.3) is 22.5 Å². The van der Waals surface area contributed by atoms with E-state index in [4.69, 9.17) is 11.6 Å². The van der Waals surface area contributed by atoms with Crippen molar-refractivity contribution < 1.29 is 9.90 Å². The van der Waals surface area contributed by atoms with Gasteiger partial charge >= 0.3 is 5.97 Å². The summed E-state index contributed by atoms with van der Waals surface area (Å²) < 4.78 is 0. The minimum atomic E-state index is -1.09. The summed E-state index contributed by atoms with van der Waals surface area (Å²) in [5.41, 5.74) is 3.93. The summed E-state index contributed by atoms with van der Waals surface area (Å²) in [6.07, 6.45) is 1.85. The second kappa shape index (κ2) is 10.2. The third-order valence-electron chi connectivity index (χ3n) is 5.21. The van der Waals surface area contributed by atoms with E-state index in [0.29, 0.717) is 24.7 Å². The summed E-state index contributed by atoms with van der Waals surface area (Å²) in [5, 5.41) is 32.0. The summed E-state index contributed by atoms with van der Waals surface area (Å²) in [5.74, 6) is -0.244. The Morgan fingerprint density at radius 3 is 2.48 bits per heavy atom. The number of carboxylic acid groups (broad SMARTS) is 1. The maximum Gasteiger partial charge on any atom is 0.339 e. The Hall–Kier alpha value is -3.85. The molecule has 2 N–H and O–H groups in total. The molecule has 0 radical (unpaired) electrons. The van der Waals surface area contributed by atoms with Crippen LogP contribution in [0.4, 0.5) is 5.82 Å². The zero-order valence-electron chi connectivity index (χ0n) is 17.9. The molecule has 4 rings (SSSR count). The molecule has 0 bridgehead atoms. The molecule has 0 aliphatic rings. The van der Waals surface area contributed by atoms with E-state index in [9.17, 15) is 9.90 Å². The molecule has 0 fully saturated rings. The van der Waals surface area contributed by atoms with Crippen LogP contribution in [0, 0.1) is 0 Å². The Kier molecular flexibility index (Phi) is 6.89. The standard InChI is InChI=1S/C23H22ClN7O2/c1-2-3-12-31(22-19(23(32)33)13-20(24)25-28-22)14-15-8-10-16(11-9-15)17-6-4-5-7-18(17)21-26-29-30-27-21/h4-11,13H,2-3,12,14H2,1H3,(H,32,33)(H,26,27,29,30). The highest BCUT2D eigenvalue weighted by Gasteiger charge is 2.20. The lowest BCUT2D eigenvalue weighted by Gasteiger charge is -2.24. The Morgan fingerprint density at radius 2 is 1.82 bits per heavy atom. The quantitative estimate of drug-likeness (QED) is 0.372. The maximum absolute atomic E-state index is 11.8. The number of aromatic carboxylic acids is 1. The number of anilines is 1. The largest absolute Gasteiger partial charge is 0.478 e. The number of aromatic amines is 1. The van der Waals surface area contributed by atoms with Crippen LogP contribution in [0.5, 0.6) is 0 Å². The third kappa shape index (κ3) is 5.15. The molecule has 33 heavy (non-hydrogen) atoms. The molecule has 0 amide bonds. The number of nitrogens with zero attached hydrogens (tertiary/aromatic N) is 6. The van der Waals surface area contributed by atoms with Gasteiger partial charge in [0.15, 0.2) is 11.0 Å². The van der Waals surface area contributed by atoms with Crippen molar-refractivity contribution in [2.45, 2.75) is 26.3 Å². The zero-order valence-corrected chi connectivity index (χ0v) is 18.7. The predicted octanol–water partition coefficient (Wildman–Crippen LogP) is 4.48. The molecule has 0 spiro atoms. The second-order valence-corrected chi connectivity index (χ2v) is 7.85. The Balaban J connectivity index is 1.62. The fourth-order valence-electron chi connectivity index (χ4n) is 3.58. The van der Waals surface area contributed by atoms with Crippen LogP contribution in [-0.2, 0) is 6.54 Å². The minimum Gasteiger partial charge on any atom is -0.478 e. The molecule has 0 aliphatic carbocycles. The molecule has 0 unspecified atom stereocenters. The van der Waals surface area contributed by atoms with Gasteiger partial charge in [0.05, 0.1) is 0 Å². The van der Waals surface area contributed by atoms with Gasteiger partial charge in [0, 0.05) is 18.7 Å². The average Bonchev–Trinajstić information content (AvgIpc) is 3.37. The lowest BCUT2D eigenvalue weighted by molar-refractivity contribution is 0.0697. The lowest BCUT2D eigenvalue weighted by Crippen LogP contribution is -2.27. The van der Waals surface area contributed by atoms with Crippen LogP contribution < -0.4 is 4.90 Å². The zero-order chi connectivity index (χ0) is 23.2. The molecule has 4 aromatic rings. The van der Waals surface area contributed by atoms with Crippen molar-refractivity contribution in [1.29, 1.82) is 0 Å². The number of hydrogen-bond donors (Lipinski definition) is 2. The van der Waals surface area contributed by atoms with Gasteiger partial charge in [-0.2, -0.15) is 5.21 Å². The summed E-state index contributed by atoms with van der Waals surface area (Å²) >= 11 is 5.89. The fourth-order valence-corrected chi connectivity index (χ4v) is 3.72. The molecule has 0 atom stereocenters. The van der Waals surface area contributed by atoms with Crippen LogP contribution in [0.15, 0.2) is 54.6 Å². The first-order valence-electron chi connectivity index (χ1n) is 10.5. The van der Waals surface area contributed by atoms with Crippen LogP contribution >= 0.6 is 11.6 Å². The number of halogens is 1. The SMILES string of the molecule is CCCCN(Cc1ccc(-c2ccccc2-c2nn[nH]n2)cc1)c1nnc(Cl)cc1C(=O)O. The maximum atomic E-state index is 11.8. The van der Waals surface area contributed by atoms with Crippen LogP contribution in [0.3, 0.4) is 0 Å². The number of carboxylic acids is 1. The molecule has 168 valence electrons.